The highest BCUT2D eigenvalue weighted by atomic mass is 16.5. The van der Waals surface area contributed by atoms with Crippen LogP contribution in [-0.4, -0.2) is 19.1 Å². The maximum absolute atomic E-state index is 11.5. The van der Waals surface area contributed by atoms with E-state index < -0.39 is 5.92 Å². The maximum Gasteiger partial charge on any atom is 0.237 e. The van der Waals surface area contributed by atoms with Crippen LogP contribution in [0.2, 0.25) is 0 Å². The molecule has 0 bridgehead atoms. The van der Waals surface area contributed by atoms with Crippen molar-refractivity contribution < 1.29 is 9.53 Å². The Labute approximate surface area is 108 Å². The molecule has 0 saturated heterocycles. The van der Waals surface area contributed by atoms with Crippen molar-refractivity contribution in [3.8, 4) is 11.8 Å². The molecule has 96 valence electrons. The molecule has 1 aromatic carbocycles. The number of benzene rings is 1. The minimum atomic E-state index is -0.566. The number of hydrogen-bond donors (Lipinski definition) is 1. The molecule has 1 amide bonds. The quantitative estimate of drug-likeness (QED) is 0.781. The fourth-order valence-electron chi connectivity index (χ4n) is 1.51. The molecule has 0 aliphatic heterocycles. The molecule has 0 aliphatic carbocycles. The van der Waals surface area contributed by atoms with Crippen molar-refractivity contribution >= 4 is 5.91 Å². The molecule has 0 aromatic heterocycles. The molecule has 0 aliphatic rings. The van der Waals surface area contributed by atoms with E-state index in [1.54, 1.807) is 0 Å². The standard InChI is InChI=1S/C14H18N2O2/c1-3-12(10-15)14(17)16-7-8-18-13-6-4-5-11(2)9-13/h4-6,9,12H,3,7-8H2,1-2H3,(H,16,17). The number of nitrogens with zero attached hydrogens (tertiary/aromatic N) is 1. The van der Waals surface area contributed by atoms with Gasteiger partial charge in [-0.05, 0) is 31.0 Å². The van der Waals surface area contributed by atoms with Gasteiger partial charge in [0.1, 0.15) is 18.3 Å². The Bertz CT molecular complexity index is 438. The summed E-state index contributed by atoms with van der Waals surface area (Å²) in [5, 5.41) is 11.4. The Morgan fingerprint density at radius 2 is 2.33 bits per heavy atom. The number of rotatable bonds is 6. The second kappa shape index (κ2) is 7.33. The van der Waals surface area contributed by atoms with Gasteiger partial charge in [-0.1, -0.05) is 19.1 Å². The molecule has 0 saturated carbocycles. The molecule has 1 aromatic rings. The maximum atomic E-state index is 11.5. The molecule has 0 radical (unpaired) electrons. The van der Waals surface area contributed by atoms with Crippen LogP contribution >= 0.6 is 0 Å². The minimum Gasteiger partial charge on any atom is -0.492 e. The normalized spacial score (nSPS) is 11.4. The summed E-state index contributed by atoms with van der Waals surface area (Å²) in [5.74, 6) is -0.00612. The second-order valence-electron chi connectivity index (χ2n) is 4.05. The van der Waals surface area contributed by atoms with Crippen molar-refractivity contribution in [2.24, 2.45) is 5.92 Å². The second-order valence-corrected chi connectivity index (χ2v) is 4.05. The van der Waals surface area contributed by atoms with Gasteiger partial charge >= 0.3 is 0 Å². The molecule has 1 unspecified atom stereocenters. The minimum absolute atomic E-state index is 0.229. The van der Waals surface area contributed by atoms with Crippen LogP contribution in [0.3, 0.4) is 0 Å². The Morgan fingerprint density at radius 1 is 1.56 bits per heavy atom. The Hall–Kier alpha value is -2.02. The third-order valence-corrected chi connectivity index (χ3v) is 2.54. The molecule has 18 heavy (non-hydrogen) atoms. The average Bonchev–Trinajstić information content (AvgIpc) is 2.36. The van der Waals surface area contributed by atoms with E-state index in [0.29, 0.717) is 19.6 Å². The average molecular weight is 246 g/mol. The Balaban J connectivity index is 2.27. The summed E-state index contributed by atoms with van der Waals surface area (Å²) in [6.45, 7) is 4.62. The van der Waals surface area contributed by atoms with E-state index in [1.165, 1.54) is 0 Å². The van der Waals surface area contributed by atoms with E-state index in [9.17, 15) is 4.79 Å². The fourth-order valence-corrected chi connectivity index (χ4v) is 1.51. The van der Waals surface area contributed by atoms with Crippen molar-refractivity contribution in [3.63, 3.8) is 0 Å². The van der Waals surface area contributed by atoms with Crippen LogP contribution in [-0.2, 0) is 4.79 Å². The van der Waals surface area contributed by atoms with E-state index in [4.69, 9.17) is 10.00 Å². The molecule has 4 heteroatoms. The van der Waals surface area contributed by atoms with Crippen LogP contribution in [0.25, 0.3) is 0 Å². The first kappa shape index (κ1) is 14.0. The van der Waals surface area contributed by atoms with Crippen molar-refractivity contribution in [2.75, 3.05) is 13.2 Å². The van der Waals surface area contributed by atoms with Crippen LogP contribution in [0.5, 0.6) is 5.75 Å². The highest BCUT2D eigenvalue weighted by molar-refractivity contribution is 5.80. The van der Waals surface area contributed by atoms with Crippen LogP contribution in [0.15, 0.2) is 24.3 Å². The van der Waals surface area contributed by atoms with Crippen LogP contribution in [0.1, 0.15) is 18.9 Å². The molecule has 4 nitrogen and oxygen atoms in total. The van der Waals surface area contributed by atoms with Crippen LogP contribution in [0.4, 0.5) is 0 Å². The summed E-state index contributed by atoms with van der Waals surface area (Å²) in [6.07, 6.45) is 0.529. The number of hydrogen-bond acceptors (Lipinski definition) is 3. The molecular formula is C14H18N2O2. The zero-order valence-corrected chi connectivity index (χ0v) is 10.8. The summed E-state index contributed by atoms with van der Waals surface area (Å²) in [6, 6.07) is 9.69. The molecule has 0 heterocycles. The van der Waals surface area contributed by atoms with Gasteiger partial charge in [0.25, 0.3) is 0 Å². The number of ether oxygens (including phenoxy) is 1. The predicted octanol–water partition coefficient (Wildman–Crippen LogP) is 2.04. The number of amides is 1. The van der Waals surface area contributed by atoms with Crippen molar-refractivity contribution in [1.82, 2.24) is 5.32 Å². The van der Waals surface area contributed by atoms with Gasteiger partial charge in [-0.2, -0.15) is 5.26 Å². The molecule has 1 atom stereocenters. The number of aryl methyl sites for hydroxylation is 1. The third-order valence-electron chi connectivity index (χ3n) is 2.54. The zero-order chi connectivity index (χ0) is 13.4. The van der Waals surface area contributed by atoms with Gasteiger partial charge in [-0.3, -0.25) is 4.79 Å². The lowest BCUT2D eigenvalue weighted by molar-refractivity contribution is -0.123. The van der Waals surface area contributed by atoms with Gasteiger partial charge in [0.2, 0.25) is 5.91 Å². The van der Waals surface area contributed by atoms with E-state index in [2.05, 4.69) is 5.32 Å². The fraction of sp³-hybridized carbons (Fsp3) is 0.429. The summed E-state index contributed by atoms with van der Waals surface area (Å²) in [5.41, 5.74) is 1.13. The van der Waals surface area contributed by atoms with Gasteiger partial charge in [-0.25, -0.2) is 0 Å². The number of carbonyl (C=O) groups is 1. The lowest BCUT2D eigenvalue weighted by Gasteiger charge is -2.09. The SMILES string of the molecule is CCC(C#N)C(=O)NCCOc1cccc(C)c1. The monoisotopic (exact) mass is 246 g/mol. The Kier molecular flexibility index (Phi) is 5.72. The largest absolute Gasteiger partial charge is 0.492 e. The number of carbonyl (C=O) groups excluding carboxylic acids is 1. The summed E-state index contributed by atoms with van der Waals surface area (Å²) in [4.78, 5) is 11.5. The van der Waals surface area contributed by atoms with Crippen LogP contribution in [0, 0.1) is 24.2 Å². The van der Waals surface area contributed by atoms with Gasteiger partial charge in [0.05, 0.1) is 12.6 Å². The number of nitriles is 1. The van der Waals surface area contributed by atoms with Crippen LogP contribution < -0.4 is 10.1 Å². The van der Waals surface area contributed by atoms with E-state index in [-0.39, 0.29) is 5.91 Å². The molecular weight excluding hydrogens is 228 g/mol. The predicted molar refractivity (Wildman–Crippen MR) is 69.1 cm³/mol. The lowest BCUT2D eigenvalue weighted by Crippen LogP contribution is -2.32. The molecule has 1 rings (SSSR count). The Morgan fingerprint density at radius 3 is 2.94 bits per heavy atom. The van der Waals surface area contributed by atoms with E-state index >= 15 is 0 Å². The lowest BCUT2D eigenvalue weighted by atomic mass is 10.1. The highest BCUT2D eigenvalue weighted by Crippen LogP contribution is 2.11. The zero-order valence-electron chi connectivity index (χ0n) is 10.8. The summed E-state index contributed by atoms with van der Waals surface area (Å²) < 4.78 is 5.49. The molecule has 0 spiro atoms. The molecule has 0 fully saturated rings. The molecule has 1 N–H and O–H groups in total. The highest BCUT2D eigenvalue weighted by Gasteiger charge is 2.14. The van der Waals surface area contributed by atoms with Crippen molar-refractivity contribution in [1.29, 1.82) is 5.26 Å². The summed E-state index contributed by atoms with van der Waals surface area (Å²) in [7, 11) is 0. The third kappa shape index (κ3) is 4.46. The van der Waals surface area contributed by atoms with E-state index in [1.807, 2.05) is 44.2 Å². The smallest absolute Gasteiger partial charge is 0.237 e. The van der Waals surface area contributed by atoms with Gasteiger partial charge in [0, 0.05) is 0 Å². The first-order valence-corrected chi connectivity index (χ1v) is 6.04. The van der Waals surface area contributed by atoms with Crippen molar-refractivity contribution in [3.05, 3.63) is 29.8 Å². The first-order chi connectivity index (χ1) is 8.67. The van der Waals surface area contributed by atoms with Gasteiger partial charge in [0.15, 0.2) is 0 Å². The summed E-state index contributed by atoms with van der Waals surface area (Å²) >= 11 is 0. The van der Waals surface area contributed by atoms with Gasteiger partial charge in [-0.15, -0.1) is 0 Å². The first-order valence-electron chi connectivity index (χ1n) is 6.04. The van der Waals surface area contributed by atoms with E-state index in [0.717, 1.165) is 11.3 Å². The number of nitrogens with one attached hydrogen (secondary N) is 1. The van der Waals surface area contributed by atoms with Gasteiger partial charge < -0.3 is 10.1 Å². The topological polar surface area (TPSA) is 62.1 Å². The van der Waals surface area contributed by atoms with Crippen molar-refractivity contribution in [2.45, 2.75) is 20.3 Å².